The number of carbonyl (C=O) groups excluding carboxylic acids is 1. The molecule has 1 aromatic heterocycles. The number of anilines is 1. The molecule has 1 aliphatic rings. The summed E-state index contributed by atoms with van der Waals surface area (Å²) in [4.78, 5) is 25.2. The summed E-state index contributed by atoms with van der Waals surface area (Å²) in [6.07, 6.45) is 1.37. The Bertz CT molecular complexity index is 1110. The lowest BCUT2D eigenvalue weighted by Gasteiger charge is -2.40. The fraction of sp³-hybridized carbons (Fsp3) is 0.261. The van der Waals surface area contributed by atoms with Gasteiger partial charge in [-0.1, -0.05) is 11.6 Å². The molecular formula is C23H22ClFN4O3. The van der Waals surface area contributed by atoms with Crippen molar-refractivity contribution in [3.8, 4) is 17.4 Å². The topological polar surface area (TPSA) is 67.8 Å². The number of amides is 1. The largest absolute Gasteiger partial charge is 0.497 e. The first-order chi connectivity index (χ1) is 15.4. The number of aromatic nitrogens is 2. The van der Waals surface area contributed by atoms with Gasteiger partial charge in [0.1, 0.15) is 17.9 Å². The summed E-state index contributed by atoms with van der Waals surface area (Å²) in [6.45, 7) is 3.72. The fourth-order valence-corrected chi connectivity index (χ4v) is 3.75. The minimum atomic E-state index is -0.572. The SMILES string of the molecule is COc1ccc(C(=O)N2CCN(c3cc(Oc4ccc(Cl)cc4F)ncn3)CC2C)cc1. The molecule has 32 heavy (non-hydrogen) atoms. The molecule has 3 aromatic rings. The molecule has 4 rings (SSSR count). The van der Waals surface area contributed by atoms with E-state index < -0.39 is 5.82 Å². The maximum Gasteiger partial charge on any atom is 0.254 e. The van der Waals surface area contributed by atoms with Crippen molar-refractivity contribution < 1.29 is 18.7 Å². The molecule has 0 N–H and O–H groups in total. The third kappa shape index (κ3) is 4.75. The number of ether oxygens (including phenoxy) is 2. The first kappa shape index (κ1) is 21.8. The minimum Gasteiger partial charge on any atom is -0.497 e. The van der Waals surface area contributed by atoms with E-state index in [1.807, 2.05) is 11.8 Å². The van der Waals surface area contributed by atoms with Gasteiger partial charge >= 0.3 is 0 Å². The van der Waals surface area contributed by atoms with E-state index >= 15 is 0 Å². The van der Waals surface area contributed by atoms with Crippen LogP contribution in [-0.4, -0.2) is 53.6 Å². The molecule has 1 saturated heterocycles. The number of halogens is 2. The molecule has 166 valence electrons. The van der Waals surface area contributed by atoms with Crippen molar-refractivity contribution in [2.45, 2.75) is 13.0 Å². The van der Waals surface area contributed by atoms with E-state index in [0.29, 0.717) is 36.8 Å². The van der Waals surface area contributed by atoms with Crippen LogP contribution in [0.15, 0.2) is 54.9 Å². The molecule has 7 nitrogen and oxygen atoms in total. The highest BCUT2D eigenvalue weighted by atomic mass is 35.5. The van der Waals surface area contributed by atoms with E-state index in [1.54, 1.807) is 43.5 Å². The lowest BCUT2D eigenvalue weighted by atomic mass is 10.1. The van der Waals surface area contributed by atoms with E-state index in [1.165, 1.54) is 18.5 Å². The molecule has 1 unspecified atom stereocenters. The van der Waals surface area contributed by atoms with Crippen LogP contribution in [-0.2, 0) is 0 Å². The smallest absolute Gasteiger partial charge is 0.254 e. The number of nitrogens with zero attached hydrogens (tertiary/aromatic N) is 4. The third-order valence-corrected chi connectivity index (χ3v) is 5.52. The number of carbonyl (C=O) groups is 1. The number of rotatable bonds is 5. The van der Waals surface area contributed by atoms with Crippen LogP contribution in [0.5, 0.6) is 17.4 Å². The number of methoxy groups -OCH3 is 1. The Kier molecular flexibility index (Phi) is 6.41. The van der Waals surface area contributed by atoms with Gasteiger partial charge in [-0.3, -0.25) is 4.79 Å². The van der Waals surface area contributed by atoms with Crippen molar-refractivity contribution in [2.75, 3.05) is 31.6 Å². The summed E-state index contributed by atoms with van der Waals surface area (Å²) >= 11 is 5.79. The van der Waals surface area contributed by atoms with Crippen molar-refractivity contribution >= 4 is 23.3 Å². The van der Waals surface area contributed by atoms with Crippen molar-refractivity contribution in [3.63, 3.8) is 0 Å². The van der Waals surface area contributed by atoms with Crippen molar-refractivity contribution in [2.24, 2.45) is 0 Å². The molecule has 0 bridgehead atoms. The fourth-order valence-electron chi connectivity index (χ4n) is 3.60. The van der Waals surface area contributed by atoms with Crippen LogP contribution in [0.2, 0.25) is 5.02 Å². The summed E-state index contributed by atoms with van der Waals surface area (Å²) in [5, 5.41) is 0.286. The van der Waals surface area contributed by atoms with Crippen LogP contribution < -0.4 is 14.4 Å². The Labute approximate surface area is 190 Å². The molecule has 2 aromatic carbocycles. The number of piperazine rings is 1. The van der Waals surface area contributed by atoms with Crippen LogP contribution in [0.3, 0.4) is 0 Å². The molecular weight excluding hydrogens is 435 g/mol. The van der Waals surface area contributed by atoms with Gasteiger partial charge < -0.3 is 19.3 Å². The molecule has 1 atom stereocenters. The van der Waals surface area contributed by atoms with Crippen molar-refractivity contribution in [3.05, 3.63) is 71.3 Å². The van der Waals surface area contributed by atoms with Gasteiger partial charge in [0.05, 0.1) is 7.11 Å². The zero-order valence-electron chi connectivity index (χ0n) is 17.7. The Morgan fingerprint density at radius 2 is 1.91 bits per heavy atom. The van der Waals surface area contributed by atoms with Crippen LogP contribution in [0.1, 0.15) is 17.3 Å². The van der Waals surface area contributed by atoms with Crippen LogP contribution in [0.4, 0.5) is 10.2 Å². The molecule has 0 saturated carbocycles. The minimum absolute atomic E-state index is 0.0234. The third-order valence-electron chi connectivity index (χ3n) is 5.29. The zero-order valence-corrected chi connectivity index (χ0v) is 18.4. The summed E-state index contributed by atoms with van der Waals surface area (Å²) in [7, 11) is 1.59. The highest BCUT2D eigenvalue weighted by Gasteiger charge is 2.29. The highest BCUT2D eigenvalue weighted by molar-refractivity contribution is 6.30. The maximum absolute atomic E-state index is 14.0. The second-order valence-electron chi connectivity index (χ2n) is 7.41. The maximum atomic E-state index is 14.0. The van der Waals surface area contributed by atoms with Gasteiger partial charge in [-0.15, -0.1) is 0 Å². The molecule has 0 radical (unpaired) electrons. The van der Waals surface area contributed by atoms with Crippen molar-refractivity contribution in [1.29, 1.82) is 0 Å². The van der Waals surface area contributed by atoms with Gasteiger partial charge in [0.15, 0.2) is 11.6 Å². The molecule has 1 fully saturated rings. The van der Waals surface area contributed by atoms with Gasteiger partial charge in [-0.05, 0) is 49.4 Å². The van der Waals surface area contributed by atoms with E-state index in [2.05, 4.69) is 14.9 Å². The molecule has 0 aliphatic carbocycles. The van der Waals surface area contributed by atoms with Gasteiger partial charge in [0.25, 0.3) is 5.91 Å². The van der Waals surface area contributed by atoms with Crippen LogP contribution in [0.25, 0.3) is 0 Å². The summed E-state index contributed by atoms with van der Waals surface area (Å²) in [5.41, 5.74) is 0.619. The number of hydrogen-bond donors (Lipinski definition) is 0. The lowest BCUT2D eigenvalue weighted by Crippen LogP contribution is -2.54. The Balaban J connectivity index is 1.43. The zero-order chi connectivity index (χ0) is 22.7. The average Bonchev–Trinajstić information content (AvgIpc) is 2.81. The summed E-state index contributed by atoms with van der Waals surface area (Å²) in [5.74, 6) is 1.01. The van der Waals surface area contributed by atoms with Crippen LogP contribution in [0, 0.1) is 5.82 Å². The van der Waals surface area contributed by atoms with Gasteiger partial charge in [0.2, 0.25) is 5.88 Å². The average molecular weight is 457 g/mol. The molecule has 2 heterocycles. The number of benzene rings is 2. The van der Waals surface area contributed by atoms with Gasteiger partial charge in [-0.25, -0.2) is 14.4 Å². The Morgan fingerprint density at radius 3 is 2.59 bits per heavy atom. The van der Waals surface area contributed by atoms with E-state index in [-0.39, 0.29) is 28.6 Å². The summed E-state index contributed by atoms with van der Waals surface area (Å²) < 4.78 is 24.8. The normalized spacial score (nSPS) is 16.1. The number of hydrogen-bond acceptors (Lipinski definition) is 6. The second-order valence-corrected chi connectivity index (χ2v) is 7.85. The summed E-state index contributed by atoms with van der Waals surface area (Å²) in [6, 6.07) is 12.9. The molecule has 1 amide bonds. The molecule has 0 spiro atoms. The van der Waals surface area contributed by atoms with Crippen LogP contribution >= 0.6 is 11.6 Å². The lowest BCUT2D eigenvalue weighted by molar-refractivity contribution is 0.0673. The van der Waals surface area contributed by atoms with Gasteiger partial charge in [0, 0.05) is 42.3 Å². The Hall–Kier alpha value is -3.39. The Morgan fingerprint density at radius 1 is 1.12 bits per heavy atom. The first-order valence-electron chi connectivity index (χ1n) is 10.1. The van der Waals surface area contributed by atoms with E-state index in [4.69, 9.17) is 21.1 Å². The second kappa shape index (κ2) is 9.40. The molecule has 9 heteroatoms. The van der Waals surface area contributed by atoms with E-state index in [9.17, 15) is 9.18 Å². The quantitative estimate of drug-likeness (QED) is 0.566. The first-order valence-corrected chi connectivity index (χ1v) is 10.5. The molecule has 1 aliphatic heterocycles. The van der Waals surface area contributed by atoms with E-state index in [0.717, 1.165) is 0 Å². The van der Waals surface area contributed by atoms with Crippen molar-refractivity contribution in [1.82, 2.24) is 14.9 Å². The highest BCUT2D eigenvalue weighted by Crippen LogP contribution is 2.28. The monoisotopic (exact) mass is 456 g/mol. The predicted octanol–water partition coefficient (Wildman–Crippen LogP) is 4.42. The standard InChI is InChI=1S/C23H22ClFN4O3/c1-15-13-28(9-10-29(15)23(30)16-3-6-18(31-2)7-4-16)21-12-22(27-14-26-21)32-20-8-5-17(24)11-19(20)25/h3-8,11-12,14-15H,9-10,13H2,1-2H3. The predicted molar refractivity (Wildman–Crippen MR) is 119 cm³/mol. The van der Waals surface area contributed by atoms with Gasteiger partial charge in [-0.2, -0.15) is 0 Å².